The lowest BCUT2D eigenvalue weighted by Gasteiger charge is -2.27. The van der Waals surface area contributed by atoms with Gasteiger partial charge in [-0.2, -0.15) is 0 Å². The third-order valence-corrected chi connectivity index (χ3v) is 7.75. The predicted molar refractivity (Wildman–Crippen MR) is 156 cm³/mol. The molecule has 1 aliphatic carbocycles. The lowest BCUT2D eigenvalue weighted by atomic mass is 9.82. The lowest BCUT2D eigenvalue weighted by molar-refractivity contribution is 0.403. The van der Waals surface area contributed by atoms with E-state index >= 15 is 0 Å². The molecule has 0 saturated heterocycles. The number of rotatable bonds is 4. The van der Waals surface area contributed by atoms with Crippen molar-refractivity contribution in [1.29, 1.82) is 0 Å². The largest absolute Gasteiger partial charge is 0.310 e. The van der Waals surface area contributed by atoms with Gasteiger partial charge in [0, 0.05) is 17.1 Å². The number of nitrogens with zero attached hydrogens (tertiary/aromatic N) is 1. The number of hydrogen-bond acceptors (Lipinski definition) is 1. The van der Waals surface area contributed by atoms with E-state index in [1.807, 2.05) is 0 Å². The van der Waals surface area contributed by atoms with Gasteiger partial charge in [0.15, 0.2) is 0 Å². The van der Waals surface area contributed by atoms with E-state index in [0.717, 1.165) is 0 Å². The van der Waals surface area contributed by atoms with Crippen LogP contribution >= 0.6 is 0 Å². The number of anilines is 3. The monoisotopic (exact) mass is 473 g/mol. The van der Waals surface area contributed by atoms with Gasteiger partial charge >= 0.3 is 0 Å². The van der Waals surface area contributed by atoms with E-state index in [1.165, 1.54) is 68.0 Å². The molecule has 184 valence electrons. The molecule has 0 unspecified atom stereocenters. The predicted octanol–water partition coefficient (Wildman–Crippen LogP) is 10.0. The van der Waals surface area contributed by atoms with Gasteiger partial charge in [-0.3, -0.25) is 0 Å². The van der Waals surface area contributed by atoms with Gasteiger partial charge in [-0.1, -0.05) is 70.2 Å². The molecule has 1 heteroatoms. The van der Waals surface area contributed by atoms with Crippen LogP contribution in [0.25, 0.3) is 11.1 Å². The van der Waals surface area contributed by atoms with Crippen molar-refractivity contribution in [2.24, 2.45) is 0 Å². The molecule has 0 N–H and O–H groups in total. The molecule has 0 aliphatic heterocycles. The van der Waals surface area contributed by atoms with Crippen molar-refractivity contribution in [3.63, 3.8) is 0 Å². The van der Waals surface area contributed by atoms with E-state index in [2.05, 4.69) is 139 Å². The zero-order valence-electron chi connectivity index (χ0n) is 23.2. The Morgan fingerprint density at radius 2 is 0.917 bits per heavy atom. The van der Waals surface area contributed by atoms with Gasteiger partial charge in [-0.15, -0.1) is 0 Å². The minimum Gasteiger partial charge on any atom is -0.310 e. The maximum atomic E-state index is 2.44. The van der Waals surface area contributed by atoms with Crippen LogP contribution in [-0.4, -0.2) is 0 Å². The average molecular weight is 474 g/mol. The van der Waals surface area contributed by atoms with Crippen LogP contribution in [0.5, 0.6) is 0 Å². The zero-order chi connectivity index (χ0) is 25.8. The molecule has 0 radical (unpaired) electrons. The highest BCUT2D eigenvalue weighted by Crippen LogP contribution is 2.50. The summed E-state index contributed by atoms with van der Waals surface area (Å²) >= 11 is 0. The van der Waals surface area contributed by atoms with Crippen LogP contribution in [0.2, 0.25) is 0 Å². The van der Waals surface area contributed by atoms with E-state index < -0.39 is 0 Å². The normalized spacial score (nSPS) is 15.6. The second-order valence-electron chi connectivity index (χ2n) is 12.3. The molecular formula is C35H39N. The first-order valence-electron chi connectivity index (χ1n) is 13.2. The van der Waals surface area contributed by atoms with Crippen molar-refractivity contribution in [3.05, 3.63) is 112 Å². The molecule has 0 spiro atoms. The lowest BCUT2D eigenvalue weighted by Crippen LogP contribution is -2.17. The minimum atomic E-state index is 0.206. The smallest absolute Gasteiger partial charge is 0.0466 e. The summed E-state index contributed by atoms with van der Waals surface area (Å²) in [6.45, 7) is 18.2. The quantitative estimate of drug-likeness (QED) is 0.285. The Labute approximate surface area is 217 Å². The summed E-state index contributed by atoms with van der Waals surface area (Å²) in [5, 5.41) is 0. The van der Waals surface area contributed by atoms with Crippen LogP contribution < -0.4 is 4.90 Å². The van der Waals surface area contributed by atoms with Gasteiger partial charge in [0.2, 0.25) is 0 Å². The summed E-state index contributed by atoms with van der Waals surface area (Å²) in [6, 6.07) is 29.8. The Balaban J connectivity index is 1.58. The van der Waals surface area contributed by atoms with Crippen LogP contribution in [-0.2, 0) is 10.8 Å². The highest BCUT2D eigenvalue weighted by molar-refractivity contribution is 5.79. The maximum absolute atomic E-state index is 2.44. The first kappa shape index (κ1) is 24.4. The molecule has 0 fully saturated rings. The molecule has 5 rings (SSSR count). The summed E-state index contributed by atoms with van der Waals surface area (Å²) < 4.78 is 0. The Kier molecular flexibility index (Phi) is 5.86. The van der Waals surface area contributed by atoms with Crippen molar-refractivity contribution >= 4 is 17.1 Å². The highest BCUT2D eigenvalue weighted by atomic mass is 15.1. The van der Waals surface area contributed by atoms with E-state index in [9.17, 15) is 0 Å². The number of aryl methyl sites for hydroxylation is 4. The van der Waals surface area contributed by atoms with Crippen molar-refractivity contribution in [3.8, 4) is 11.1 Å². The maximum Gasteiger partial charge on any atom is 0.0466 e. The summed E-state index contributed by atoms with van der Waals surface area (Å²) in [7, 11) is 0. The van der Waals surface area contributed by atoms with Gasteiger partial charge in [0.25, 0.3) is 0 Å². The highest BCUT2D eigenvalue weighted by Gasteiger charge is 2.41. The van der Waals surface area contributed by atoms with Crippen molar-refractivity contribution < 1.29 is 0 Å². The SMILES string of the molecule is Cc1cc(C)cc(N(c2ccc(-c3ccc4c(c3)C(C)(C)CC4(C)C)cc2)c2cc(C)cc(C)c2)c1. The topological polar surface area (TPSA) is 3.24 Å². The van der Waals surface area contributed by atoms with Gasteiger partial charge in [0.1, 0.15) is 0 Å². The molecule has 0 heterocycles. The summed E-state index contributed by atoms with van der Waals surface area (Å²) in [6.07, 6.45) is 1.19. The fourth-order valence-corrected chi connectivity index (χ4v) is 6.58. The molecule has 0 amide bonds. The fourth-order valence-electron chi connectivity index (χ4n) is 6.58. The number of fused-ring (bicyclic) bond motifs is 1. The first-order chi connectivity index (χ1) is 16.9. The Bertz CT molecular complexity index is 1340. The van der Waals surface area contributed by atoms with Gasteiger partial charge in [0.05, 0.1) is 0 Å². The van der Waals surface area contributed by atoms with Crippen LogP contribution in [0.3, 0.4) is 0 Å². The fraction of sp³-hybridized carbons (Fsp3) is 0.314. The van der Waals surface area contributed by atoms with E-state index in [0.29, 0.717) is 0 Å². The van der Waals surface area contributed by atoms with Crippen LogP contribution in [0.1, 0.15) is 67.5 Å². The third-order valence-electron chi connectivity index (χ3n) is 7.75. The van der Waals surface area contributed by atoms with E-state index in [1.54, 1.807) is 0 Å². The zero-order valence-corrected chi connectivity index (χ0v) is 23.2. The van der Waals surface area contributed by atoms with Crippen LogP contribution in [0.4, 0.5) is 17.1 Å². The Hall–Kier alpha value is -3.32. The second-order valence-corrected chi connectivity index (χ2v) is 12.3. The molecule has 1 aliphatic rings. The minimum absolute atomic E-state index is 0.206. The Morgan fingerprint density at radius 3 is 1.42 bits per heavy atom. The van der Waals surface area contributed by atoms with Crippen LogP contribution in [0.15, 0.2) is 78.9 Å². The first-order valence-corrected chi connectivity index (χ1v) is 13.2. The van der Waals surface area contributed by atoms with Gasteiger partial charge in [-0.05, 0) is 126 Å². The molecule has 1 nitrogen and oxygen atoms in total. The van der Waals surface area contributed by atoms with Crippen molar-refractivity contribution in [1.82, 2.24) is 0 Å². The molecule has 36 heavy (non-hydrogen) atoms. The number of benzene rings is 4. The molecular weight excluding hydrogens is 434 g/mol. The molecule has 4 aromatic rings. The van der Waals surface area contributed by atoms with Crippen LogP contribution in [0, 0.1) is 27.7 Å². The van der Waals surface area contributed by atoms with E-state index in [4.69, 9.17) is 0 Å². The van der Waals surface area contributed by atoms with E-state index in [-0.39, 0.29) is 10.8 Å². The third kappa shape index (κ3) is 4.48. The van der Waals surface area contributed by atoms with Crippen molar-refractivity contribution in [2.45, 2.75) is 72.6 Å². The Morgan fingerprint density at radius 1 is 0.472 bits per heavy atom. The van der Waals surface area contributed by atoms with Gasteiger partial charge in [-0.25, -0.2) is 0 Å². The standard InChI is InChI=1S/C35H39N/c1-23-15-24(2)18-30(17-23)36(31-19-25(3)16-26(4)20-31)29-12-9-27(10-13-29)28-11-14-32-33(21-28)35(7,8)22-34(32,5)6/h9-21H,22H2,1-8H3. The molecule has 0 bridgehead atoms. The molecule has 0 saturated carbocycles. The summed E-state index contributed by atoms with van der Waals surface area (Å²) in [5.41, 5.74) is 14.7. The molecule has 0 atom stereocenters. The number of hydrogen-bond donors (Lipinski definition) is 0. The second kappa shape index (κ2) is 8.66. The molecule has 0 aromatic heterocycles. The molecule has 4 aromatic carbocycles. The summed E-state index contributed by atoms with van der Waals surface area (Å²) in [4.78, 5) is 2.39. The average Bonchev–Trinajstić information content (AvgIpc) is 2.96. The summed E-state index contributed by atoms with van der Waals surface area (Å²) in [5.74, 6) is 0. The van der Waals surface area contributed by atoms with Gasteiger partial charge < -0.3 is 4.90 Å². The van der Waals surface area contributed by atoms with Crippen molar-refractivity contribution in [2.75, 3.05) is 4.90 Å².